The Balaban J connectivity index is 1.92. The lowest BCUT2D eigenvalue weighted by Gasteiger charge is -2.30. The lowest BCUT2D eigenvalue weighted by molar-refractivity contribution is 0.0490. The second-order valence-corrected chi connectivity index (χ2v) is 7.41. The van der Waals surface area contributed by atoms with Gasteiger partial charge in [0.1, 0.15) is 0 Å². The van der Waals surface area contributed by atoms with Crippen LogP contribution >= 0.6 is 0 Å². The molecule has 2 heterocycles. The van der Waals surface area contributed by atoms with Crippen LogP contribution < -0.4 is 5.32 Å². The van der Waals surface area contributed by atoms with Crippen LogP contribution in [0.25, 0.3) is 0 Å². The fourth-order valence-electron chi connectivity index (χ4n) is 2.66. The SMILES string of the molecule is CN(CC1CCCOC1)S(=O)(=O)N1CCCNCC1. The van der Waals surface area contributed by atoms with Gasteiger partial charge in [-0.25, -0.2) is 0 Å². The third-order valence-electron chi connectivity index (χ3n) is 3.79. The van der Waals surface area contributed by atoms with Gasteiger partial charge < -0.3 is 10.1 Å². The largest absolute Gasteiger partial charge is 0.381 e. The predicted octanol–water partition coefficient (Wildman–Crippen LogP) is -0.115. The molecule has 0 aromatic heterocycles. The highest BCUT2D eigenvalue weighted by molar-refractivity contribution is 7.86. The maximum Gasteiger partial charge on any atom is 0.281 e. The first-order valence-electron chi connectivity index (χ1n) is 7.10. The molecule has 0 aliphatic carbocycles. The number of rotatable bonds is 4. The van der Waals surface area contributed by atoms with Crippen molar-refractivity contribution < 1.29 is 13.2 Å². The lowest BCUT2D eigenvalue weighted by atomic mass is 10.0. The van der Waals surface area contributed by atoms with E-state index in [1.807, 2.05) is 0 Å². The standard InChI is InChI=1S/C12H25N3O3S/c1-14(10-12-4-2-9-18-11-12)19(16,17)15-7-3-5-13-6-8-15/h12-13H,2-11H2,1H3. The van der Waals surface area contributed by atoms with Gasteiger partial charge in [-0.1, -0.05) is 0 Å². The van der Waals surface area contributed by atoms with E-state index in [-0.39, 0.29) is 0 Å². The van der Waals surface area contributed by atoms with E-state index in [9.17, 15) is 8.42 Å². The molecule has 1 unspecified atom stereocenters. The monoisotopic (exact) mass is 291 g/mol. The Morgan fingerprint density at radius 2 is 2.16 bits per heavy atom. The van der Waals surface area contributed by atoms with Crippen LogP contribution in [0.1, 0.15) is 19.3 Å². The van der Waals surface area contributed by atoms with Crippen molar-refractivity contribution in [1.29, 1.82) is 0 Å². The molecule has 1 atom stereocenters. The maximum absolute atomic E-state index is 12.5. The summed E-state index contributed by atoms with van der Waals surface area (Å²) in [7, 11) is -1.63. The summed E-state index contributed by atoms with van der Waals surface area (Å²) >= 11 is 0. The summed E-state index contributed by atoms with van der Waals surface area (Å²) in [5.41, 5.74) is 0. The maximum atomic E-state index is 12.5. The third-order valence-corrected chi connectivity index (χ3v) is 5.74. The fourth-order valence-corrected chi connectivity index (χ4v) is 4.13. The van der Waals surface area contributed by atoms with Crippen molar-refractivity contribution in [3.8, 4) is 0 Å². The smallest absolute Gasteiger partial charge is 0.281 e. The van der Waals surface area contributed by atoms with E-state index in [0.717, 1.165) is 39.0 Å². The first kappa shape index (κ1) is 15.2. The molecule has 6 nitrogen and oxygen atoms in total. The molecule has 0 bridgehead atoms. The highest BCUT2D eigenvalue weighted by Crippen LogP contribution is 2.17. The predicted molar refractivity (Wildman–Crippen MR) is 74.2 cm³/mol. The lowest BCUT2D eigenvalue weighted by Crippen LogP contribution is -2.45. The van der Waals surface area contributed by atoms with Crippen LogP contribution in [-0.2, 0) is 14.9 Å². The molecule has 7 heteroatoms. The average Bonchev–Trinajstić information content (AvgIpc) is 2.69. The first-order chi connectivity index (χ1) is 9.10. The number of hydrogen-bond donors (Lipinski definition) is 1. The summed E-state index contributed by atoms with van der Waals surface area (Å²) < 4.78 is 33.5. The van der Waals surface area contributed by atoms with Gasteiger partial charge in [0.05, 0.1) is 6.61 Å². The minimum Gasteiger partial charge on any atom is -0.381 e. The van der Waals surface area contributed by atoms with Gasteiger partial charge in [-0.05, 0) is 31.7 Å². The molecule has 0 radical (unpaired) electrons. The van der Waals surface area contributed by atoms with E-state index in [0.29, 0.717) is 32.2 Å². The van der Waals surface area contributed by atoms with Crippen molar-refractivity contribution in [3.63, 3.8) is 0 Å². The molecule has 112 valence electrons. The molecule has 0 spiro atoms. The number of hydrogen-bond acceptors (Lipinski definition) is 4. The Kier molecular flexibility index (Phi) is 5.58. The van der Waals surface area contributed by atoms with E-state index in [4.69, 9.17) is 4.74 Å². The van der Waals surface area contributed by atoms with Crippen LogP contribution in [0.5, 0.6) is 0 Å². The van der Waals surface area contributed by atoms with Gasteiger partial charge in [-0.15, -0.1) is 0 Å². The Bertz CT molecular complexity index is 360. The van der Waals surface area contributed by atoms with E-state index >= 15 is 0 Å². The van der Waals surface area contributed by atoms with E-state index in [1.165, 1.54) is 4.31 Å². The summed E-state index contributed by atoms with van der Waals surface area (Å²) in [6.45, 7) is 4.86. The quantitative estimate of drug-likeness (QED) is 0.785. The molecule has 0 aromatic carbocycles. The summed E-state index contributed by atoms with van der Waals surface area (Å²) in [6, 6.07) is 0. The van der Waals surface area contributed by atoms with Gasteiger partial charge in [0.15, 0.2) is 0 Å². The van der Waals surface area contributed by atoms with Gasteiger partial charge in [0.2, 0.25) is 0 Å². The molecule has 2 fully saturated rings. The van der Waals surface area contributed by atoms with E-state index in [2.05, 4.69) is 5.32 Å². The number of nitrogens with zero attached hydrogens (tertiary/aromatic N) is 2. The van der Waals surface area contributed by atoms with Crippen molar-refractivity contribution >= 4 is 10.2 Å². The van der Waals surface area contributed by atoms with Crippen molar-refractivity contribution in [3.05, 3.63) is 0 Å². The minimum absolute atomic E-state index is 0.332. The van der Waals surface area contributed by atoms with Crippen LogP contribution in [0.15, 0.2) is 0 Å². The molecular formula is C12H25N3O3S. The number of ether oxygens (including phenoxy) is 1. The van der Waals surface area contributed by atoms with Gasteiger partial charge in [0.25, 0.3) is 10.2 Å². The summed E-state index contributed by atoms with van der Waals surface area (Å²) in [6.07, 6.45) is 2.97. The molecule has 0 aromatic rings. The molecule has 2 saturated heterocycles. The van der Waals surface area contributed by atoms with E-state index < -0.39 is 10.2 Å². The fraction of sp³-hybridized carbons (Fsp3) is 1.00. The Morgan fingerprint density at radius 1 is 1.32 bits per heavy atom. The van der Waals surface area contributed by atoms with Crippen LogP contribution in [-0.4, -0.2) is 70.0 Å². The summed E-state index contributed by atoms with van der Waals surface area (Å²) in [5.74, 6) is 0.332. The molecular weight excluding hydrogens is 266 g/mol. The normalized spacial score (nSPS) is 27.4. The Labute approximate surface area is 116 Å². The topological polar surface area (TPSA) is 61.9 Å². The molecule has 19 heavy (non-hydrogen) atoms. The zero-order chi connectivity index (χ0) is 13.7. The van der Waals surface area contributed by atoms with Crippen molar-refractivity contribution in [2.75, 3.05) is 53.0 Å². The van der Waals surface area contributed by atoms with Crippen molar-refractivity contribution in [2.45, 2.75) is 19.3 Å². The second kappa shape index (κ2) is 6.99. The van der Waals surface area contributed by atoms with Crippen LogP contribution in [0, 0.1) is 5.92 Å². The molecule has 2 aliphatic rings. The highest BCUT2D eigenvalue weighted by atomic mass is 32.2. The van der Waals surface area contributed by atoms with Gasteiger partial charge in [0, 0.05) is 39.8 Å². The Hall–Kier alpha value is -0.210. The second-order valence-electron chi connectivity index (χ2n) is 5.37. The van der Waals surface area contributed by atoms with Crippen LogP contribution in [0.2, 0.25) is 0 Å². The van der Waals surface area contributed by atoms with E-state index in [1.54, 1.807) is 11.4 Å². The third kappa shape index (κ3) is 4.13. The number of nitrogens with one attached hydrogen (secondary N) is 1. The molecule has 2 rings (SSSR count). The van der Waals surface area contributed by atoms with Gasteiger partial charge in [-0.3, -0.25) is 0 Å². The summed E-state index contributed by atoms with van der Waals surface area (Å²) in [5, 5.41) is 3.22. The van der Waals surface area contributed by atoms with Gasteiger partial charge >= 0.3 is 0 Å². The molecule has 1 N–H and O–H groups in total. The molecule has 0 saturated carbocycles. The Morgan fingerprint density at radius 3 is 2.89 bits per heavy atom. The zero-order valence-electron chi connectivity index (χ0n) is 11.7. The van der Waals surface area contributed by atoms with Crippen LogP contribution in [0.4, 0.5) is 0 Å². The first-order valence-corrected chi connectivity index (χ1v) is 8.50. The average molecular weight is 291 g/mol. The van der Waals surface area contributed by atoms with Crippen molar-refractivity contribution in [1.82, 2.24) is 13.9 Å². The minimum atomic E-state index is -3.31. The highest BCUT2D eigenvalue weighted by Gasteiger charge is 2.29. The zero-order valence-corrected chi connectivity index (χ0v) is 12.5. The summed E-state index contributed by atoms with van der Waals surface area (Å²) in [4.78, 5) is 0. The van der Waals surface area contributed by atoms with Gasteiger partial charge in [-0.2, -0.15) is 17.0 Å². The van der Waals surface area contributed by atoms with Crippen LogP contribution in [0.3, 0.4) is 0 Å². The molecule has 0 amide bonds. The van der Waals surface area contributed by atoms with Crippen molar-refractivity contribution in [2.24, 2.45) is 5.92 Å². The molecule has 2 aliphatic heterocycles.